The minimum absolute atomic E-state index is 0.0130. The number of aromatic nitrogens is 4. The lowest BCUT2D eigenvalue weighted by Gasteiger charge is -2.21. The molecule has 2 N–H and O–H groups in total. The van der Waals surface area contributed by atoms with Gasteiger partial charge in [-0.05, 0) is 81.1 Å². The molecule has 52 heavy (non-hydrogen) atoms. The van der Waals surface area contributed by atoms with Crippen molar-refractivity contribution in [2.45, 2.75) is 64.2 Å². The number of ketones is 2. The molecule has 0 amide bonds. The van der Waals surface area contributed by atoms with Crippen LogP contribution < -0.4 is 0 Å². The summed E-state index contributed by atoms with van der Waals surface area (Å²) in [6, 6.07) is 6.40. The number of rotatable bonds is 9. The zero-order chi connectivity index (χ0) is 38.1. The zero-order valence-corrected chi connectivity index (χ0v) is 30.3. The van der Waals surface area contributed by atoms with Crippen molar-refractivity contribution < 1.29 is 47.7 Å². The van der Waals surface area contributed by atoms with E-state index in [4.69, 9.17) is 23.9 Å². The summed E-state index contributed by atoms with van der Waals surface area (Å²) < 4.78 is 19.6. The van der Waals surface area contributed by atoms with Crippen LogP contribution >= 0.6 is 0 Å². The molecule has 3 aromatic heterocycles. The molecule has 2 aliphatic heterocycles. The van der Waals surface area contributed by atoms with E-state index in [0.717, 1.165) is 11.1 Å². The molecule has 0 saturated carbocycles. The third-order valence-corrected chi connectivity index (χ3v) is 9.87. The summed E-state index contributed by atoms with van der Waals surface area (Å²) in [5.74, 6) is -3.29. The Bertz CT molecular complexity index is 2230. The summed E-state index contributed by atoms with van der Waals surface area (Å²) in [7, 11) is 5.01. The molecule has 5 rings (SSSR count). The van der Waals surface area contributed by atoms with Gasteiger partial charge in [0.1, 0.15) is 11.4 Å². The molecule has 0 spiro atoms. The number of fused-ring (bicyclic) bond motifs is 8. The quantitative estimate of drug-likeness (QED) is 0.178. The van der Waals surface area contributed by atoms with Crippen molar-refractivity contribution in [3.8, 4) is 0 Å². The lowest BCUT2D eigenvalue weighted by Crippen LogP contribution is -2.33. The molecule has 5 heterocycles. The van der Waals surface area contributed by atoms with Crippen LogP contribution in [0.4, 0.5) is 0 Å². The van der Waals surface area contributed by atoms with E-state index in [1.165, 1.54) is 40.6 Å². The largest absolute Gasteiger partial charge is 0.469 e. The summed E-state index contributed by atoms with van der Waals surface area (Å²) in [6.07, 6.45) is 2.53. The van der Waals surface area contributed by atoms with Crippen LogP contribution in [0.3, 0.4) is 0 Å². The lowest BCUT2D eigenvalue weighted by atomic mass is 9.78. The van der Waals surface area contributed by atoms with Crippen LogP contribution in [0.1, 0.15) is 87.7 Å². The standard InChI is InChI=1S/C38H40N4O10/c1-19-21(9-11-31(43)49-5)25-14-26-22(10-12-32(44)50-6)20(2)24(40-26)15-29-37(3,17-33(45)51-7)36(48)28(42-29)16-30-38(4,18-34(46)52-8)35(47)27(41-30)13-23(19)39-25/h10,12-16,39-40H,9,11,17-18H2,1-8H3/b12-10+,23-13?,24-15?,25-14?,26-14?,27-13?,28-16?,29-15?,30-16?/t37-,38+/m0/s1. The highest BCUT2D eigenvalue weighted by Gasteiger charge is 2.48. The monoisotopic (exact) mass is 712 g/mol. The Hall–Kier alpha value is -5.92. The molecule has 8 bridgehead atoms. The highest BCUT2D eigenvalue weighted by atomic mass is 16.5. The van der Waals surface area contributed by atoms with Crippen molar-refractivity contribution >= 4 is 63.6 Å². The number of hydrogen-bond acceptors (Lipinski definition) is 12. The predicted octanol–water partition coefficient (Wildman–Crippen LogP) is 4.63. The minimum Gasteiger partial charge on any atom is -0.469 e. The van der Waals surface area contributed by atoms with Gasteiger partial charge in [0, 0.05) is 40.1 Å². The van der Waals surface area contributed by atoms with Crippen molar-refractivity contribution in [3.05, 3.63) is 75.4 Å². The van der Waals surface area contributed by atoms with Crippen molar-refractivity contribution in [2.75, 3.05) is 28.4 Å². The van der Waals surface area contributed by atoms with Gasteiger partial charge in [0.25, 0.3) is 0 Å². The first kappa shape index (κ1) is 37.3. The van der Waals surface area contributed by atoms with Gasteiger partial charge in [-0.2, -0.15) is 0 Å². The van der Waals surface area contributed by atoms with Crippen molar-refractivity contribution in [3.63, 3.8) is 0 Å². The van der Waals surface area contributed by atoms with Gasteiger partial charge in [-0.1, -0.05) is 0 Å². The van der Waals surface area contributed by atoms with Gasteiger partial charge >= 0.3 is 23.9 Å². The van der Waals surface area contributed by atoms with Gasteiger partial charge in [-0.25, -0.2) is 14.8 Å². The van der Waals surface area contributed by atoms with Crippen LogP contribution in [0, 0.1) is 13.8 Å². The Balaban J connectivity index is 1.97. The summed E-state index contributed by atoms with van der Waals surface area (Å²) in [6.45, 7) is 6.79. The maximum absolute atomic E-state index is 14.2. The molecule has 0 aromatic carbocycles. The van der Waals surface area contributed by atoms with Gasteiger partial charge in [0.05, 0.1) is 63.5 Å². The van der Waals surface area contributed by atoms with Crippen molar-refractivity contribution in [1.29, 1.82) is 0 Å². The third-order valence-electron chi connectivity index (χ3n) is 9.87. The number of hydrogen-bond donors (Lipinski definition) is 2. The van der Waals surface area contributed by atoms with E-state index in [9.17, 15) is 28.8 Å². The molecule has 2 aliphatic rings. The number of carbonyl (C=O) groups excluding carboxylic acids is 6. The van der Waals surface area contributed by atoms with Crippen LogP contribution in [0.25, 0.3) is 28.1 Å². The highest BCUT2D eigenvalue weighted by molar-refractivity contribution is 6.09. The fraction of sp³-hybridized carbons (Fsp3) is 0.368. The Morgan fingerprint density at radius 2 is 1.19 bits per heavy atom. The fourth-order valence-electron chi connectivity index (χ4n) is 6.54. The molecule has 14 heteroatoms. The number of esters is 4. The molecular weight excluding hydrogens is 672 g/mol. The van der Waals surface area contributed by atoms with E-state index in [0.29, 0.717) is 33.2 Å². The SMILES string of the molecule is COC(=O)/C=C/c1c(C)c2cc3nc(cc4nc(cc5[nH]c(cc1[nH]2)c(CCC(=O)OC)c5C)C(=O)[C@]4(C)CC(=O)OC)C(=O)[C@@]3(C)CC(=O)OC. The second-order valence-corrected chi connectivity index (χ2v) is 13.1. The average molecular weight is 713 g/mol. The van der Waals surface area contributed by atoms with E-state index in [1.54, 1.807) is 32.1 Å². The second kappa shape index (κ2) is 14.4. The van der Waals surface area contributed by atoms with Gasteiger partial charge in [0.2, 0.25) is 0 Å². The average Bonchev–Trinajstić information content (AvgIpc) is 3.73. The van der Waals surface area contributed by atoms with Crippen LogP contribution in [-0.4, -0.2) is 83.8 Å². The number of nitrogens with zero attached hydrogens (tertiary/aromatic N) is 2. The number of carbonyl (C=O) groups is 6. The van der Waals surface area contributed by atoms with Crippen LogP contribution in [0.15, 0.2) is 30.3 Å². The van der Waals surface area contributed by atoms with E-state index in [1.807, 2.05) is 19.9 Å². The first-order chi connectivity index (χ1) is 24.6. The van der Waals surface area contributed by atoms with Gasteiger partial charge in [0.15, 0.2) is 11.6 Å². The van der Waals surface area contributed by atoms with Crippen LogP contribution in [0.5, 0.6) is 0 Å². The maximum Gasteiger partial charge on any atom is 0.330 e. The number of methoxy groups -OCH3 is 4. The first-order valence-corrected chi connectivity index (χ1v) is 16.4. The topological polar surface area (TPSA) is 197 Å². The Labute approximate surface area is 298 Å². The summed E-state index contributed by atoms with van der Waals surface area (Å²) in [5, 5.41) is 0. The van der Waals surface area contributed by atoms with E-state index < -0.39 is 46.3 Å². The molecule has 0 saturated heterocycles. The third kappa shape index (κ3) is 6.75. The minimum atomic E-state index is -1.52. The number of aryl methyl sites for hydroxylation is 3. The van der Waals surface area contributed by atoms with Crippen molar-refractivity contribution in [2.24, 2.45) is 0 Å². The first-order valence-electron chi connectivity index (χ1n) is 16.4. The molecule has 0 radical (unpaired) electrons. The van der Waals surface area contributed by atoms with Crippen LogP contribution in [0.2, 0.25) is 0 Å². The second-order valence-electron chi connectivity index (χ2n) is 13.1. The van der Waals surface area contributed by atoms with Gasteiger partial charge in [-0.3, -0.25) is 24.0 Å². The Kier molecular flexibility index (Phi) is 10.3. The number of aromatic amines is 2. The van der Waals surface area contributed by atoms with Gasteiger partial charge in [-0.15, -0.1) is 0 Å². The molecule has 0 fully saturated rings. The maximum atomic E-state index is 14.2. The number of Topliss-reactive ketones (excluding diaryl/α,β-unsaturated/α-hetero) is 2. The number of H-pyrrole nitrogens is 2. The van der Waals surface area contributed by atoms with Crippen LogP contribution in [-0.2, 0) is 55.4 Å². The lowest BCUT2D eigenvalue weighted by molar-refractivity contribution is -0.142. The molecular formula is C38H40N4O10. The number of nitrogens with one attached hydrogen (secondary N) is 2. The molecule has 0 aliphatic carbocycles. The van der Waals surface area contributed by atoms with E-state index in [-0.39, 0.29) is 48.5 Å². The number of ether oxygens (including phenoxy) is 4. The normalized spacial score (nSPS) is 18.4. The molecule has 14 nitrogen and oxygen atoms in total. The summed E-state index contributed by atoms with van der Waals surface area (Å²) in [5.41, 5.74) is 2.27. The highest BCUT2D eigenvalue weighted by Crippen LogP contribution is 2.39. The fourth-order valence-corrected chi connectivity index (χ4v) is 6.54. The zero-order valence-electron chi connectivity index (χ0n) is 30.3. The molecule has 2 atom stereocenters. The van der Waals surface area contributed by atoms with Gasteiger partial charge < -0.3 is 28.9 Å². The predicted molar refractivity (Wildman–Crippen MR) is 188 cm³/mol. The molecule has 0 unspecified atom stereocenters. The van der Waals surface area contributed by atoms with E-state index in [2.05, 4.69) is 15.0 Å². The molecule has 272 valence electrons. The smallest absolute Gasteiger partial charge is 0.330 e. The van der Waals surface area contributed by atoms with E-state index >= 15 is 0 Å². The summed E-state index contributed by atoms with van der Waals surface area (Å²) in [4.78, 5) is 94.2. The van der Waals surface area contributed by atoms with Crippen molar-refractivity contribution in [1.82, 2.24) is 19.9 Å². The molecule has 3 aromatic rings. The Morgan fingerprint density at radius 3 is 1.75 bits per heavy atom. The Morgan fingerprint density at radius 1 is 0.673 bits per heavy atom. The summed E-state index contributed by atoms with van der Waals surface area (Å²) >= 11 is 0.